The maximum Gasteiger partial charge on any atom is 0.196 e. The van der Waals surface area contributed by atoms with Crippen molar-refractivity contribution in [2.45, 2.75) is 6.92 Å². The van der Waals surface area contributed by atoms with E-state index in [2.05, 4.69) is 31.9 Å². The number of hydrogen-bond acceptors (Lipinski definition) is 1. The highest BCUT2D eigenvalue weighted by Gasteiger charge is 2.17. The summed E-state index contributed by atoms with van der Waals surface area (Å²) in [4.78, 5) is 12.3. The molecule has 4 heteroatoms. The quantitative estimate of drug-likeness (QED) is 0.687. The van der Waals surface area contributed by atoms with Crippen LogP contribution in [-0.2, 0) is 0 Å². The molecule has 0 fully saturated rings. The van der Waals surface area contributed by atoms with Crippen molar-refractivity contribution in [1.82, 2.24) is 0 Å². The Morgan fingerprint density at radius 3 is 2.56 bits per heavy atom. The fourth-order valence-corrected chi connectivity index (χ4v) is 2.40. The van der Waals surface area contributed by atoms with Crippen molar-refractivity contribution in [3.8, 4) is 0 Å². The summed E-state index contributed by atoms with van der Waals surface area (Å²) < 4.78 is 15.2. The zero-order valence-electron chi connectivity index (χ0n) is 9.51. The molecular formula is C14H9Br2FO. The maximum absolute atomic E-state index is 13.7. The SMILES string of the molecule is Cc1c(Br)cccc1C(=O)c1cc(Br)ccc1F. The van der Waals surface area contributed by atoms with E-state index in [1.165, 1.54) is 12.1 Å². The lowest BCUT2D eigenvalue weighted by atomic mass is 9.99. The average Bonchev–Trinajstić information content (AvgIpc) is 2.35. The molecule has 0 bridgehead atoms. The van der Waals surface area contributed by atoms with Gasteiger partial charge in [-0.05, 0) is 36.8 Å². The van der Waals surface area contributed by atoms with E-state index < -0.39 is 5.82 Å². The molecule has 0 heterocycles. The van der Waals surface area contributed by atoms with Crippen LogP contribution in [0.15, 0.2) is 45.3 Å². The van der Waals surface area contributed by atoms with Crippen molar-refractivity contribution in [3.05, 3.63) is 67.9 Å². The first-order valence-corrected chi connectivity index (χ1v) is 6.84. The van der Waals surface area contributed by atoms with Crippen molar-refractivity contribution >= 4 is 37.6 Å². The van der Waals surface area contributed by atoms with E-state index in [0.29, 0.717) is 10.0 Å². The van der Waals surface area contributed by atoms with Crippen molar-refractivity contribution < 1.29 is 9.18 Å². The lowest BCUT2D eigenvalue weighted by Crippen LogP contribution is -2.06. The molecule has 2 aromatic rings. The second-order valence-electron chi connectivity index (χ2n) is 3.87. The number of carbonyl (C=O) groups is 1. The normalized spacial score (nSPS) is 10.4. The van der Waals surface area contributed by atoms with E-state index in [-0.39, 0.29) is 11.3 Å². The second kappa shape index (κ2) is 5.33. The lowest BCUT2D eigenvalue weighted by molar-refractivity contribution is 0.103. The van der Waals surface area contributed by atoms with Gasteiger partial charge >= 0.3 is 0 Å². The molecule has 0 amide bonds. The van der Waals surface area contributed by atoms with Crippen LogP contribution in [0, 0.1) is 12.7 Å². The van der Waals surface area contributed by atoms with Crippen LogP contribution in [-0.4, -0.2) is 5.78 Å². The highest BCUT2D eigenvalue weighted by Crippen LogP contribution is 2.24. The van der Waals surface area contributed by atoms with Gasteiger partial charge in [0.25, 0.3) is 0 Å². The van der Waals surface area contributed by atoms with Gasteiger partial charge in [-0.1, -0.05) is 44.0 Å². The van der Waals surface area contributed by atoms with E-state index in [1.807, 2.05) is 13.0 Å². The Kier molecular flexibility index (Phi) is 3.97. The van der Waals surface area contributed by atoms with Crippen LogP contribution in [0.3, 0.4) is 0 Å². The number of rotatable bonds is 2. The summed E-state index contributed by atoms with van der Waals surface area (Å²) in [7, 11) is 0. The first-order chi connectivity index (χ1) is 8.50. The van der Waals surface area contributed by atoms with E-state index in [1.54, 1.807) is 18.2 Å². The Balaban J connectivity index is 2.55. The number of hydrogen-bond donors (Lipinski definition) is 0. The minimum absolute atomic E-state index is 0.0746. The van der Waals surface area contributed by atoms with Crippen LogP contribution < -0.4 is 0 Å². The van der Waals surface area contributed by atoms with Gasteiger partial charge in [0.15, 0.2) is 5.78 Å². The van der Waals surface area contributed by atoms with Gasteiger partial charge in [-0.2, -0.15) is 0 Å². The lowest BCUT2D eigenvalue weighted by Gasteiger charge is -2.08. The fourth-order valence-electron chi connectivity index (χ4n) is 1.67. The van der Waals surface area contributed by atoms with Crippen LogP contribution in [0.2, 0.25) is 0 Å². The Labute approximate surface area is 121 Å². The molecule has 0 aliphatic carbocycles. The first kappa shape index (κ1) is 13.4. The summed E-state index contributed by atoms with van der Waals surface area (Å²) in [6.07, 6.45) is 0. The van der Waals surface area contributed by atoms with Crippen molar-refractivity contribution in [2.75, 3.05) is 0 Å². The molecule has 92 valence electrons. The fraction of sp³-hybridized carbons (Fsp3) is 0.0714. The van der Waals surface area contributed by atoms with E-state index in [0.717, 1.165) is 10.0 Å². The molecular weight excluding hydrogens is 363 g/mol. The van der Waals surface area contributed by atoms with Gasteiger partial charge < -0.3 is 0 Å². The molecule has 0 N–H and O–H groups in total. The standard InChI is InChI=1S/C14H9Br2FO/c1-8-10(3-2-4-12(8)16)14(18)11-7-9(15)5-6-13(11)17/h2-7H,1H3. The summed E-state index contributed by atoms with van der Waals surface area (Å²) in [6.45, 7) is 1.83. The minimum atomic E-state index is -0.512. The molecule has 0 spiro atoms. The molecule has 0 aromatic heterocycles. The molecule has 2 aromatic carbocycles. The molecule has 0 saturated heterocycles. The van der Waals surface area contributed by atoms with Gasteiger partial charge in [-0.3, -0.25) is 4.79 Å². The summed E-state index contributed by atoms with van der Waals surface area (Å²) in [5.74, 6) is -0.824. The maximum atomic E-state index is 13.7. The predicted molar refractivity (Wildman–Crippen MR) is 76.4 cm³/mol. The Hall–Kier alpha value is -1.00. The molecule has 1 nitrogen and oxygen atoms in total. The number of carbonyl (C=O) groups excluding carboxylic acids is 1. The third kappa shape index (κ3) is 2.54. The van der Waals surface area contributed by atoms with Crippen molar-refractivity contribution in [2.24, 2.45) is 0 Å². The molecule has 0 radical (unpaired) electrons. The molecule has 0 atom stereocenters. The second-order valence-corrected chi connectivity index (χ2v) is 5.64. The Bertz CT molecular complexity index is 619. The number of ketones is 1. The summed E-state index contributed by atoms with van der Waals surface area (Å²) in [5, 5.41) is 0. The van der Waals surface area contributed by atoms with Crippen LogP contribution in [0.25, 0.3) is 0 Å². The van der Waals surface area contributed by atoms with Crippen LogP contribution in [0.5, 0.6) is 0 Å². The first-order valence-electron chi connectivity index (χ1n) is 5.25. The van der Waals surface area contributed by atoms with Gasteiger partial charge in [0.05, 0.1) is 5.56 Å². The van der Waals surface area contributed by atoms with E-state index in [9.17, 15) is 9.18 Å². The summed E-state index contributed by atoms with van der Waals surface area (Å²) in [6, 6.07) is 9.66. The van der Waals surface area contributed by atoms with Gasteiger partial charge in [-0.25, -0.2) is 4.39 Å². The molecule has 0 saturated carbocycles. The minimum Gasteiger partial charge on any atom is -0.288 e. The zero-order chi connectivity index (χ0) is 13.3. The summed E-state index contributed by atoms with van der Waals surface area (Å²) >= 11 is 6.61. The monoisotopic (exact) mass is 370 g/mol. The summed E-state index contributed by atoms with van der Waals surface area (Å²) in [5.41, 5.74) is 1.38. The third-order valence-electron chi connectivity index (χ3n) is 2.69. The molecule has 2 rings (SSSR count). The van der Waals surface area contributed by atoms with Gasteiger partial charge in [0.2, 0.25) is 0 Å². The van der Waals surface area contributed by atoms with Crippen molar-refractivity contribution in [3.63, 3.8) is 0 Å². The predicted octanol–water partition coefficient (Wildman–Crippen LogP) is 4.89. The van der Waals surface area contributed by atoms with Crippen LogP contribution in [0.1, 0.15) is 21.5 Å². The zero-order valence-corrected chi connectivity index (χ0v) is 12.7. The molecule has 0 aliphatic rings. The van der Waals surface area contributed by atoms with Crippen LogP contribution >= 0.6 is 31.9 Å². The van der Waals surface area contributed by atoms with Crippen molar-refractivity contribution in [1.29, 1.82) is 0 Å². The van der Waals surface area contributed by atoms with E-state index in [4.69, 9.17) is 0 Å². The topological polar surface area (TPSA) is 17.1 Å². The van der Waals surface area contributed by atoms with Gasteiger partial charge in [-0.15, -0.1) is 0 Å². The third-order valence-corrected chi connectivity index (χ3v) is 4.04. The molecule has 0 unspecified atom stereocenters. The van der Waals surface area contributed by atoms with Gasteiger partial charge in [0, 0.05) is 14.5 Å². The van der Waals surface area contributed by atoms with Gasteiger partial charge in [0.1, 0.15) is 5.82 Å². The molecule has 0 aliphatic heterocycles. The van der Waals surface area contributed by atoms with E-state index >= 15 is 0 Å². The Morgan fingerprint density at radius 1 is 1.11 bits per heavy atom. The highest BCUT2D eigenvalue weighted by molar-refractivity contribution is 9.10. The largest absolute Gasteiger partial charge is 0.288 e. The van der Waals surface area contributed by atoms with Crippen LogP contribution in [0.4, 0.5) is 4.39 Å². The smallest absolute Gasteiger partial charge is 0.196 e. The Morgan fingerprint density at radius 2 is 1.83 bits per heavy atom. The number of benzene rings is 2. The highest BCUT2D eigenvalue weighted by atomic mass is 79.9. The molecule has 18 heavy (non-hydrogen) atoms. The average molecular weight is 372 g/mol. The number of halogens is 3.